The Balaban J connectivity index is 2.11. The van der Waals surface area contributed by atoms with Gasteiger partial charge in [-0.1, -0.05) is 39.0 Å². The first kappa shape index (κ1) is 16.3. The maximum Gasteiger partial charge on any atom is 0.124 e. The molecule has 3 atom stereocenters. The van der Waals surface area contributed by atoms with Crippen LogP contribution in [0.2, 0.25) is 0 Å². The van der Waals surface area contributed by atoms with Gasteiger partial charge in [-0.3, -0.25) is 0 Å². The minimum atomic E-state index is 0.343. The van der Waals surface area contributed by atoms with Gasteiger partial charge in [0.15, 0.2) is 0 Å². The minimum Gasteiger partial charge on any atom is -0.494 e. The Hall–Kier alpha value is -1.06. The first-order chi connectivity index (χ1) is 10.2. The number of benzene rings is 1. The van der Waals surface area contributed by atoms with E-state index in [0.717, 1.165) is 30.7 Å². The van der Waals surface area contributed by atoms with E-state index in [4.69, 9.17) is 4.74 Å². The summed E-state index contributed by atoms with van der Waals surface area (Å²) in [5.74, 6) is 2.62. The molecular weight excluding hydrogens is 260 g/mol. The van der Waals surface area contributed by atoms with Gasteiger partial charge in [0.2, 0.25) is 0 Å². The maximum absolute atomic E-state index is 5.81. The van der Waals surface area contributed by atoms with Crippen molar-refractivity contribution in [1.82, 2.24) is 10.2 Å². The molecule has 0 aliphatic carbocycles. The van der Waals surface area contributed by atoms with Crippen LogP contribution in [0.3, 0.4) is 0 Å². The predicted octanol–water partition coefficient (Wildman–Crippen LogP) is 3.32. The van der Waals surface area contributed by atoms with Crippen molar-refractivity contribution in [3.05, 3.63) is 29.8 Å². The summed E-state index contributed by atoms with van der Waals surface area (Å²) in [7, 11) is 0. The molecular formula is C18H30N2O. The van der Waals surface area contributed by atoms with E-state index in [2.05, 4.69) is 55.3 Å². The van der Waals surface area contributed by atoms with Crippen LogP contribution in [-0.2, 0) is 0 Å². The molecule has 1 aromatic rings. The number of ether oxygens (including phenoxy) is 1. The van der Waals surface area contributed by atoms with Crippen LogP contribution in [0.15, 0.2) is 24.3 Å². The lowest BCUT2D eigenvalue weighted by atomic mass is 10.0. The van der Waals surface area contributed by atoms with Gasteiger partial charge in [0, 0.05) is 31.2 Å². The number of hydrogen-bond acceptors (Lipinski definition) is 3. The van der Waals surface area contributed by atoms with E-state index in [9.17, 15) is 0 Å². The van der Waals surface area contributed by atoms with Crippen molar-refractivity contribution >= 4 is 0 Å². The van der Waals surface area contributed by atoms with Crippen LogP contribution < -0.4 is 10.1 Å². The lowest BCUT2D eigenvalue weighted by Crippen LogP contribution is -2.34. The average Bonchev–Trinajstić information content (AvgIpc) is 2.78. The molecule has 0 amide bonds. The third-order valence-corrected chi connectivity index (χ3v) is 4.55. The van der Waals surface area contributed by atoms with Gasteiger partial charge in [-0.2, -0.15) is 0 Å². The summed E-state index contributed by atoms with van der Waals surface area (Å²) in [5.41, 5.74) is 1.29. The van der Waals surface area contributed by atoms with Crippen LogP contribution in [0, 0.1) is 11.8 Å². The summed E-state index contributed by atoms with van der Waals surface area (Å²) >= 11 is 0. The summed E-state index contributed by atoms with van der Waals surface area (Å²) in [6, 6.07) is 8.78. The molecule has 0 spiro atoms. The van der Waals surface area contributed by atoms with Crippen LogP contribution in [0.5, 0.6) is 5.75 Å². The fourth-order valence-electron chi connectivity index (χ4n) is 3.23. The number of likely N-dealkylation sites (N-methyl/N-ethyl adjacent to an activating group) is 1. The first-order valence-electron chi connectivity index (χ1n) is 8.33. The zero-order valence-electron chi connectivity index (χ0n) is 13.9. The Morgan fingerprint density at radius 2 is 1.86 bits per heavy atom. The van der Waals surface area contributed by atoms with Crippen LogP contribution in [0.4, 0.5) is 0 Å². The van der Waals surface area contributed by atoms with Gasteiger partial charge in [0.1, 0.15) is 5.75 Å². The topological polar surface area (TPSA) is 24.5 Å². The van der Waals surface area contributed by atoms with Crippen molar-refractivity contribution in [1.29, 1.82) is 0 Å². The standard InChI is InChI=1S/C18H30N2O/c1-5-19-17(13-20-11-14(3)15(4)12-20)16-9-7-8-10-18(16)21-6-2/h7-10,14-15,17,19H,5-6,11-13H2,1-4H3. The van der Waals surface area contributed by atoms with E-state index in [1.807, 2.05) is 6.92 Å². The van der Waals surface area contributed by atoms with Crippen molar-refractivity contribution in [2.75, 3.05) is 32.8 Å². The molecule has 3 heteroatoms. The third-order valence-electron chi connectivity index (χ3n) is 4.55. The SMILES string of the molecule is CCNC(CN1CC(C)C(C)C1)c1ccccc1OCC. The minimum absolute atomic E-state index is 0.343. The second-order valence-corrected chi connectivity index (χ2v) is 6.25. The Labute approximate surface area is 129 Å². The fourth-order valence-corrected chi connectivity index (χ4v) is 3.23. The summed E-state index contributed by atoms with van der Waals surface area (Å²) in [4.78, 5) is 2.59. The summed E-state index contributed by atoms with van der Waals surface area (Å²) in [5, 5.41) is 3.63. The number of para-hydroxylation sites is 1. The van der Waals surface area contributed by atoms with Crippen molar-refractivity contribution in [2.24, 2.45) is 11.8 Å². The Morgan fingerprint density at radius 1 is 1.19 bits per heavy atom. The molecule has 1 fully saturated rings. The molecule has 1 aliphatic heterocycles. The molecule has 2 rings (SSSR count). The van der Waals surface area contributed by atoms with Crippen LogP contribution in [0.1, 0.15) is 39.3 Å². The van der Waals surface area contributed by atoms with Gasteiger partial charge >= 0.3 is 0 Å². The lowest BCUT2D eigenvalue weighted by molar-refractivity contribution is 0.274. The van der Waals surface area contributed by atoms with E-state index in [1.54, 1.807) is 0 Å². The molecule has 1 N–H and O–H groups in total. The zero-order valence-corrected chi connectivity index (χ0v) is 13.9. The monoisotopic (exact) mass is 290 g/mol. The van der Waals surface area contributed by atoms with Gasteiger partial charge in [0.05, 0.1) is 6.61 Å². The molecule has 3 unspecified atom stereocenters. The first-order valence-corrected chi connectivity index (χ1v) is 8.33. The molecule has 1 heterocycles. The van der Waals surface area contributed by atoms with Crippen molar-refractivity contribution in [3.63, 3.8) is 0 Å². The Bertz CT molecular complexity index is 425. The molecule has 0 saturated carbocycles. The fraction of sp³-hybridized carbons (Fsp3) is 0.667. The van der Waals surface area contributed by atoms with Crippen molar-refractivity contribution < 1.29 is 4.74 Å². The van der Waals surface area contributed by atoms with Gasteiger partial charge in [-0.25, -0.2) is 0 Å². The molecule has 0 bridgehead atoms. The molecule has 0 radical (unpaired) electrons. The molecule has 1 aromatic carbocycles. The second-order valence-electron chi connectivity index (χ2n) is 6.25. The molecule has 1 saturated heterocycles. The van der Waals surface area contributed by atoms with Gasteiger partial charge in [-0.15, -0.1) is 0 Å². The number of hydrogen-bond donors (Lipinski definition) is 1. The largest absolute Gasteiger partial charge is 0.494 e. The Kier molecular flexibility index (Phi) is 6.07. The molecule has 21 heavy (non-hydrogen) atoms. The number of likely N-dealkylation sites (tertiary alicyclic amines) is 1. The quantitative estimate of drug-likeness (QED) is 0.833. The van der Waals surface area contributed by atoms with Crippen molar-refractivity contribution in [2.45, 2.75) is 33.7 Å². The number of rotatable bonds is 7. The van der Waals surface area contributed by atoms with Crippen LogP contribution in [-0.4, -0.2) is 37.7 Å². The normalized spacial score (nSPS) is 24.2. The Morgan fingerprint density at radius 3 is 2.48 bits per heavy atom. The van der Waals surface area contributed by atoms with Gasteiger partial charge < -0.3 is 15.0 Å². The third kappa shape index (κ3) is 4.21. The number of nitrogens with one attached hydrogen (secondary N) is 1. The summed E-state index contributed by atoms with van der Waals surface area (Å²) < 4.78 is 5.81. The molecule has 0 aromatic heterocycles. The highest BCUT2D eigenvalue weighted by molar-refractivity contribution is 5.36. The van der Waals surface area contributed by atoms with E-state index in [-0.39, 0.29) is 0 Å². The smallest absolute Gasteiger partial charge is 0.124 e. The second kappa shape index (κ2) is 7.81. The molecule has 1 aliphatic rings. The van der Waals surface area contributed by atoms with Gasteiger partial charge in [-0.05, 0) is 31.4 Å². The van der Waals surface area contributed by atoms with E-state index < -0.39 is 0 Å². The van der Waals surface area contributed by atoms with Gasteiger partial charge in [0.25, 0.3) is 0 Å². The van der Waals surface area contributed by atoms with Crippen LogP contribution in [0.25, 0.3) is 0 Å². The predicted molar refractivity (Wildman–Crippen MR) is 88.8 cm³/mol. The zero-order chi connectivity index (χ0) is 15.2. The van der Waals surface area contributed by atoms with Crippen LogP contribution >= 0.6 is 0 Å². The lowest BCUT2D eigenvalue weighted by Gasteiger charge is -2.26. The molecule has 3 nitrogen and oxygen atoms in total. The summed E-state index contributed by atoms with van der Waals surface area (Å²) in [6.45, 7) is 14.1. The van der Waals surface area contributed by atoms with E-state index >= 15 is 0 Å². The van der Waals surface area contributed by atoms with E-state index in [1.165, 1.54) is 18.7 Å². The van der Waals surface area contributed by atoms with E-state index in [0.29, 0.717) is 12.6 Å². The maximum atomic E-state index is 5.81. The highest BCUT2D eigenvalue weighted by Gasteiger charge is 2.28. The summed E-state index contributed by atoms with van der Waals surface area (Å²) in [6.07, 6.45) is 0. The highest BCUT2D eigenvalue weighted by Crippen LogP contribution is 2.29. The van der Waals surface area contributed by atoms with Crippen molar-refractivity contribution in [3.8, 4) is 5.75 Å². The highest BCUT2D eigenvalue weighted by atomic mass is 16.5. The number of nitrogens with zero attached hydrogens (tertiary/aromatic N) is 1. The molecule has 118 valence electrons. The average molecular weight is 290 g/mol.